The van der Waals surface area contributed by atoms with E-state index in [2.05, 4.69) is 5.32 Å². The highest BCUT2D eigenvalue weighted by Gasteiger charge is 2.07. The van der Waals surface area contributed by atoms with Gasteiger partial charge in [-0.25, -0.2) is 4.39 Å². The summed E-state index contributed by atoms with van der Waals surface area (Å²) in [6.45, 7) is 3.61. The van der Waals surface area contributed by atoms with E-state index in [1.807, 2.05) is 13.0 Å². The van der Waals surface area contributed by atoms with Crippen LogP contribution in [-0.2, 0) is 6.54 Å². The molecule has 5 heteroatoms. The fourth-order valence-electron chi connectivity index (χ4n) is 1.68. The number of hydrogen-bond donors (Lipinski definition) is 1. The molecular formula is C15H14Cl2FNO. The molecule has 0 aliphatic carbocycles. The Balaban J connectivity index is 2.15. The number of halogens is 3. The molecule has 0 fully saturated rings. The van der Waals surface area contributed by atoms with Gasteiger partial charge >= 0.3 is 0 Å². The Hall–Kier alpha value is -1.29. The molecule has 0 aliphatic rings. The van der Waals surface area contributed by atoms with Crippen molar-refractivity contribution >= 4 is 23.2 Å². The van der Waals surface area contributed by atoms with Crippen LogP contribution < -0.4 is 10.1 Å². The average molecular weight is 314 g/mol. The topological polar surface area (TPSA) is 21.3 Å². The Bertz CT molecular complexity index is 604. The Morgan fingerprint density at radius 3 is 2.55 bits per heavy atom. The number of benzene rings is 2. The first-order valence-electron chi connectivity index (χ1n) is 6.22. The predicted octanol–water partition coefficient (Wildman–Crippen LogP) is 5.03. The lowest BCUT2D eigenvalue weighted by atomic mass is 10.2. The van der Waals surface area contributed by atoms with Crippen molar-refractivity contribution in [1.82, 2.24) is 5.32 Å². The molecule has 1 N–H and O–H groups in total. The van der Waals surface area contributed by atoms with Gasteiger partial charge in [-0.2, -0.15) is 0 Å². The number of ether oxygens (including phenoxy) is 1. The van der Waals surface area contributed by atoms with Crippen LogP contribution in [0.15, 0.2) is 36.4 Å². The third kappa shape index (κ3) is 3.85. The quantitative estimate of drug-likeness (QED) is 0.835. The van der Waals surface area contributed by atoms with Crippen LogP contribution in [0.5, 0.6) is 11.5 Å². The van der Waals surface area contributed by atoms with Gasteiger partial charge in [-0.05, 0) is 42.4 Å². The van der Waals surface area contributed by atoms with E-state index in [1.165, 1.54) is 18.2 Å². The van der Waals surface area contributed by atoms with Gasteiger partial charge in [-0.1, -0.05) is 36.2 Å². The van der Waals surface area contributed by atoms with E-state index in [4.69, 9.17) is 27.9 Å². The minimum Gasteiger partial charge on any atom is -0.456 e. The van der Waals surface area contributed by atoms with Crippen LogP contribution in [-0.4, -0.2) is 6.54 Å². The summed E-state index contributed by atoms with van der Waals surface area (Å²) in [6.07, 6.45) is 0. The minimum atomic E-state index is -0.402. The fourth-order valence-corrected chi connectivity index (χ4v) is 2.12. The molecule has 0 unspecified atom stereocenters. The maximum atomic E-state index is 13.0. The summed E-state index contributed by atoms with van der Waals surface area (Å²) in [5.74, 6) is 0.550. The van der Waals surface area contributed by atoms with Crippen LogP contribution >= 0.6 is 23.2 Å². The molecule has 0 atom stereocenters. The third-order valence-electron chi connectivity index (χ3n) is 2.71. The average Bonchev–Trinajstić information content (AvgIpc) is 2.41. The second kappa shape index (κ2) is 6.93. The van der Waals surface area contributed by atoms with Crippen molar-refractivity contribution in [1.29, 1.82) is 0 Å². The highest BCUT2D eigenvalue weighted by Crippen LogP contribution is 2.31. The van der Waals surface area contributed by atoms with Gasteiger partial charge in [0.2, 0.25) is 0 Å². The first kappa shape index (κ1) is 15.1. The largest absolute Gasteiger partial charge is 0.456 e. The van der Waals surface area contributed by atoms with Crippen molar-refractivity contribution in [2.45, 2.75) is 13.5 Å². The predicted molar refractivity (Wildman–Crippen MR) is 80.3 cm³/mol. The van der Waals surface area contributed by atoms with E-state index in [1.54, 1.807) is 12.1 Å². The summed E-state index contributed by atoms with van der Waals surface area (Å²) >= 11 is 12.1. The zero-order valence-corrected chi connectivity index (χ0v) is 12.4. The molecule has 0 heterocycles. The van der Waals surface area contributed by atoms with E-state index in [0.29, 0.717) is 23.1 Å². The molecule has 0 aliphatic heterocycles. The summed E-state index contributed by atoms with van der Waals surface area (Å²) < 4.78 is 18.6. The van der Waals surface area contributed by atoms with Crippen molar-refractivity contribution in [3.63, 3.8) is 0 Å². The zero-order chi connectivity index (χ0) is 14.5. The molecule has 0 saturated carbocycles. The van der Waals surface area contributed by atoms with Crippen molar-refractivity contribution in [2.75, 3.05) is 6.54 Å². The van der Waals surface area contributed by atoms with Crippen LogP contribution in [0.4, 0.5) is 4.39 Å². The summed E-state index contributed by atoms with van der Waals surface area (Å²) in [7, 11) is 0. The molecule has 2 aromatic carbocycles. The second-order valence-corrected chi connectivity index (χ2v) is 5.02. The minimum absolute atomic E-state index is 0.220. The maximum Gasteiger partial charge on any atom is 0.146 e. The number of nitrogens with one attached hydrogen (secondary N) is 1. The highest BCUT2D eigenvalue weighted by atomic mass is 35.5. The summed E-state index contributed by atoms with van der Waals surface area (Å²) in [5, 5.41) is 4.03. The Labute approximate surface area is 127 Å². The Kier molecular flexibility index (Phi) is 5.24. The lowest BCUT2D eigenvalue weighted by molar-refractivity contribution is 0.480. The molecule has 2 rings (SSSR count). The van der Waals surface area contributed by atoms with Crippen molar-refractivity contribution in [3.05, 3.63) is 57.8 Å². The molecule has 106 valence electrons. The molecule has 0 aromatic heterocycles. The molecule has 0 amide bonds. The van der Waals surface area contributed by atoms with Gasteiger partial charge in [0, 0.05) is 11.6 Å². The van der Waals surface area contributed by atoms with Crippen molar-refractivity contribution in [3.8, 4) is 11.5 Å². The molecule has 0 radical (unpaired) electrons. The first-order chi connectivity index (χ1) is 9.60. The van der Waals surface area contributed by atoms with E-state index >= 15 is 0 Å². The fraction of sp³-hybridized carbons (Fsp3) is 0.200. The first-order valence-corrected chi connectivity index (χ1v) is 6.97. The molecule has 2 nitrogen and oxygen atoms in total. The molecule has 0 bridgehead atoms. The second-order valence-electron chi connectivity index (χ2n) is 4.21. The van der Waals surface area contributed by atoms with Crippen molar-refractivity contribution < 1.29 is 9.13 Å². The molecule has 0 spiro atoms. The SMILES string of the molecule is CCNCc1ccc(Oc2ccc(F)cc2Cl)cc1Cl. The van der Waals surface area contributed by atoms with E-state index < -0.39 is 5.82 Å². The van der Waals surface area contributed by atoms with Crippen LogP contribution in [0.1, 0.15) is 12.5 Å². The number of rotatable bonds is 5. The summed E-state index contributed by atoms with van der Waals surface area (Å²) in [4.78, 5) is 0. The molecular weight excluding hydrogens is 300 g/mol. The van der Waals surface area contributed by atoms with Crippen LogP contribution in [0.25, 0.3) is 0 Å². The summed E-state index contributed by atoms with van der Waals surface area (Å²) in [5.41, 5.74) is 0.992. The third-order valence-corrected chi connectivity index (χ3v) is 3.36. The Morgan fingerprint density at radius 2 is 1.90 bits per heavy atom. The van der Waals surface area contributed by atoms with Gasteiger partial charge in [0.15, 0.2) is 0 Å². The van der Waals surface area contributed by atoms with Gasteiger partial charge in [0.25, 0.3) is 0 Å². The van der Waals surface area contributed by atoms with Gasteiger partial charge < -0.3 is 10.1 Å². The summed E-state index contributed by atoms with van der Waals surface area (Å²) in [6, 6.07) is 9.39. The standard InChI is InChI=1S/C15H14Cl2FNO/c1-2-19-9-10-3-5-12(8-13(10)16)20-15-6-4-11(18)7-14(15)17/h3-8,19H,2,9H2,1H3. The van der Waals surface area contributed by atoms with Crippen LogP contribution in [0.3, 0.4) is 0 Å². The maximum absolute atomic E-state index is 13.0. The number of hydrogen-bond acceptors (Lipinski definition) is 2. The van der Waals surface area contributed by atoms with Crippen LogP contribution in [0, 0.1) is 5.82 Å². The van der Waals surface area contributed by atoms with Gasteiger partial charge in [0.05, 0.1) is 5.02 Å². The van der Waals surface area contributed by atoms with Gasteiger partial charge in [-0.3, -0.25) is 0 Å². The monoisotopic (exact) mass is 313 g/mol. The highest BCUT2D eigenvalue weighted by molar-refractivity contribution is 6.32. The van der Waals surface area contributed by atoms with E-state index in [0.717, 1.165) is 12.1 Å². The molecule has 2 aromatic rings. The van der Waals surface area contributed by atoms with E-state index in [-0.39, 0.29) is 5.02 Å². The van der Waals surface area contributed by atoms with Crippen LogP contribution in [0.2, 0.25) is 10.0 Å². The van der Waals surface area contributed by atoms with E-state index in [9.17, 15) is 4.39 Å². The smallest absolute Gasteiger partial charge is 0.146 e. The van der Waals surface area contributed by atoms with Crippen molar-refractivity contribution in [2.24, 2.45) is 0 Å². The lowest BCUT2D eigenvalue weighted by Crippen LogP contribution is -2.11. The van der Waals surface area contributed by atoms with Gasteiger partial charge in [-0.15, -0.1) is 0 Å². The molecule has 20 heavy (non-hydrogen) atoms. The molecule has 0 saturated heterocycles. The van der Waals surface area contributed by atoms with Gasteiger partial charge in [0.1, 0.15) is 17.3 Å². The lowest BCUT2D eigenvalue weighted by Gasteiger charge is -2.10. The normalized spacial score (nSPS) is 10.6. The Morgan fingerprint density at radius 1 is 1.10 bits per heavy atom. The zero-order valence-electron chi connectivity index (χ0n) is 10.9.